The van der Waals surface area contributed by atoms with Crippen molar-refractivity contribution in [2.45, 2.75) is 12.8 Å². The van der Waals surface area contributed by atoms with Crippen LogP contribution < -0.4 is 15.5 Å². The number of hydrogen-bond donors (Lipinski definition) is 2. The van der Waals surface area contributed by atoms with E-state index in [9.17, 15) is 10.1 Å². The fraction of sp³-hybridized carbons (Fsp3) is 0.292. The fourth-order valence-corrected chi connectivity index (χ4v) is 3.74. The molecule has 1 aromatic carbocycles. The molecule has 9 nitrogen and oxygen atoms in total. The molecule has 1 aliphatic rings. The summed E-state index contributed by atoms with van der Waals surface area (Å²) < 4.78 is 0. The van der Waals surface area contributed by atoms with E-state index >= 15 is 0 Å². The van der Waals surface area contributed by atoms with Crippen LogP contribution in [0.2, 0.25) is 0 Å². The predicted octanol–water partition coefficient (Wildman–Crippen LogP) is 3.25. The molecule has 2 aromatic heterocycles. The molecule has 2 N–H and O–H groups in total. The second-order valence-electron chi connectivity index (χ2n) is 8.15. The van der Waals surface area contributed by atoms with Crippen molar-refractivity contribution in [3.05, 3.63) is 54.4 Å². The number of nitrogens with zero attached hydrogens (tertiary/aromatic N) is 6. The van der Waals surface area contributed by atoms with Gasteiger partial charge in [-0.1, -0.05) is 6.07 Å². The smallest absolute Gasteiger partial charge is 0.239 e. The molecule has 1 amide bonds. The first kappa shape index (κ1) is 22.2. The molecule has 33 heavy (non-hydrogen) atoms. The van der Waals surface area contributed by atoms with E-state index in [2.05, 4.69) is 36.6 Å². The number of anilines is 4. The first-order chi connectivity index (χ1) is 16.0. The number of likely N-dealkylation sites (N-methyl/N-ethyl adjacent to an activating group) is 1. The maximum absolute atomic E-state index is 11.9. The Bertz CT molecular complexity index is 1160. The number of pyridine rings is 1. The van der Waals surface area contributed by atoms with Crippen LogP contribution in [0.5, 0.6) is 0 Å². The zero-order valence-electron chi connectivity index (χ0n) is 18.7. The van der Waals surface area contributed by atoms with Gasteiger partial charge in [-0.15, -0.1) is 0 Å². The summed E-state index contributed by atoms with van der Waals surface area (Å²) >= 11 is 0. The number of benzene rings is 1. The number of rotatable bonds is 7. The highest BCUT2D eigenvalue weighted by molar-refractivity contribution is 5.91. The van der Waals surface area contributed by atoms with Gasteiger partial charge >= 0.3 is 0 Å². The summed E-state index contributed by atoms with van der Waals surface area (Å²) in [4.78, 5) is 29.1. The van der Waals surface area contributed by atoms with E-state index in [0.717, 1.165) is 42.9 Å². The summed E-state index contributed by atoms with van der Waals surface area (Å²) in [7, 11) is 3.66. The Hall–Kier alpha value is -4.03. The molecule has 1 fully saturated rings. The molecule has 1 aliphatic heterocycles. The lowest BCUT2D eigenvalue weighted by Crippen LogP contribution is -2.27. The second kappa shape index (κ2) is 10.1. The molecule has 3 heterocycles. The Morgan fingerprint density at radius 3 is 2.67 bits per heavy atom. The summed E-state index contributed by atoms with van der Waals surface area (Å²) in [5.74, 6) is 0.766. The standard InChI is InChI=1S/C24H26N8O/c1-31(2)16-23(33)30-22-8-6-19(15-27-22)28-24-26-10-9-20(29-24)17-5-7-21(18(13-17)14-25)32-11-3-4-12-32/h5-10,13,15H,3-4,11-12,16H2,1-2H3,(H,26,28,29)(H,27,30,33). The summed E-state index contributed by atoms with van der Waals surface area (Å²) in [6, 6.07) is 13.5. The minimum Gasteiger partial charge on any atom is -0.370 e. The number of nitriles is 1. The van der Waals surface area contributed by atoms with E-state index in [1.54, 1.807) is 29.4 Å². The topological polar surface area (TPSA) is 110 Å². The van der Waals surface area contributed by atoms with Gasteiger partial charge in [-0.05, 0) is 57.3 Å². The lowest BCUT2D eigenvalue weighted by atomic mass is 10.1. The average Bonchev–Trinajstić information content (AvgIpc) is 3.34. The van der Waals surface area contributed by atoms with Gasteiger partial charge in [-0.2, -0.15) is 5.26 Å². The van der Waals surface area contributed by atoms with Gasteiger partial charge in [-0.3, -0.25) is 4.79 Å². The number of hydrogen-bond acceptors (Lipinski definition) is 8. The van der Waals surface area contributed by atoms with Crippen molar-refractivity contribution >= 4 is 29.0 Å². The molecule has 0 unspecified atom stereocenters. The summed E-state index contributed by atoms with van der Waals surface area (Å²) in [5.41, 5.74) is 3.91. The van der Waals surface area contributed by atoms with Crippen molar-refractivity contribution in [3.8, 4) is 17.3 Å². The Kier molecular flexibility index (Phi) is 6.76. The average molecular weight is 443 g/mol. The van der Waals surface area contributed by atoms with Crippen molar-refractivity contribution in [1.82, 2.24) is 19.9 Å². The highest BCUT2D eigenvalue weighted by Crippen LogP contribution is 2.29. The maximum atomic E-state index is 11.9. The van der Waals surface area contributed by atoms with Crippen LogP contribution in [0.15, 0.2) is 48.8 Å². The van der Waals surface area contributed by atoms with Gasteiger partial charge in [0.15, 0.2) is 0 Å². The van der Waals surface area contributed by atoms with Gasteiger partial charge in [0.05, 0.1) is 35.4 Å². The predicted molar refractivity (Wildman–Crippen MR) is 128 cm³/mol. The fourth-order valence-electron chi connectivity index (χ4n) is 3.74. The summed E-state index contributed by atoms with van der Waals surface area (Å²) in [5, 5.41) is 15.5. The van der Waals surface area contributed by atoms with Crippen LogP contribution in [-0.4, -0.2) is 59.5 Å². The van der Waals surface area contributed by atoms with Crippen LogP contribution in [0, 0.1) is 11.3 Å². The van der Waals surface area contributed by atoms with Crippen molar-refractivity contribution in [3.63, 3.8) is 0 Å². The molecule has 4 rings (SSSR count). The Labute approximate surface area is 193 Å². The zero-order chi connectivity index (χ0) is 23.2. The van der Waals surface area contributed by atoms with E-state index in [-0.39, 0.29) is 12.5 Å². The van der Waals surface area contributed by atoms with Crippen LogP contribution in [0.1, 0.15) is 18.4 Å². The highest BCUT2D eigenvalue weighted by Gasteiger charge is 2.16. The van der Waals surface area contributed by atoms with Crippen LogP contribution in [0.4, 0.5) is 23.1 Å². The third-order valence-electron chi connectivity index (χ3n) is 5.26. The largest absolute Gasteiger partial charge is 0.370 e. The minimum absolute atomic E-state index is 0.128. The van der Waals surface area contributed by atoms with Crippen molar-refractivity contribution < 1.29 is 4.79 Å². The van der Waals surface area contributed by atoms with E-state index < -0.39 is 0 Å². The Balaban J connectivity index is 1.47. The molecule has 0 saturated carbocycles. The quantitative estimate of drug-likeness (QED) is 0.574. The van der Waals surface area contributed by atoms with Crippen LogP contribution in [0.25, 0.3) is 11.3 Å². The third kappa shape index (κ3) is 5.61. The molecule has 168 valence electrons. The Morgan fingerprint density at radius 2 is 1.97 bits per heavy atom. The molecule has 9 heteroatoms. The number of carbonyl (C=O) groups excluding carboxylic acids is 1. The molecule has 0 radical (unpaired) electrons. The van der Waals surface area contributed by atoms with E-state index in [0.29, 0.717) is 23.0 Å². The number of amides is 1. The van der Waals surface area contributed by atoms with Gasteiger partial charge in [0, 0.05) is 24.8 Å². The minimum atomic E-state index is -0.128. The van der Waals surface area contributed by atoms with Crippen LogP contribution >= 0.6 is 0 Å². The van der Waals surface area contributed by atoms with Crippen molar-refractivity contribution in [2.24, 2.45) is 0 Å². The van der Waals surface area contributed by atoms with E-state index in [1.807, 2.05) is 38.4 Å². The Morgan fingerprint density at radius 1 is 1.15 bits per heavy atom. The first-order valence-corrected chi connectivity index (χ1v) is 10.8. The molecule has 3 aromatic rings. The molecule has 0 atom stereocenters. The summed E-state index contributed by atoms with van der Waals surface area (Å²) in [6.07, 6.45) is 5.60. The van der Waals surface area contributed by atoms with Gasteiger partial charge in [-0.25, -0.2) is 15.0 Å². The number of aromatic nitrogens is 3. The monoisotopic (exact) mass is 442 g/mol. The maximum Gasteiger partial charge on any atom is 0.239 e. The molecule has 0 aliphatic carbocycles. The van der Waals surface area contributed by atoms with Crippen molar-refractivity contribution in [1.29, 1.82) is 5.26 Å². The third-order valence-corrected chi connectivity index (χ3v) is 5.26. The number of nitrogens with one attached hydrogen (secondary N) is 2. The molecule has 0 bridgehead atoms. The van der Waals surface area contributed by atoms with Crippen LogP contribution in [0.3, 0.4) is 0 Å². The lowest BCUT2D eigenvalue weighted by molar-refractivity contribution is -0.116. The van der Waals surface area contributed by atoms with Gasteiger partial charge in [0.25, 0.3) is 0 Å². The normalized spacial score (nSPS) is 13.1. The zero-order valence-corrected chi connectivity index (χ0v) is 18.7. The van der Waals surface area contributed by atoms with E-state index in [1.165, 1.54) is 0 Å². The van der Waals surface area contributed by atoms with Crippen molar-refractivity contribution in [2.75, 3.05) is 49.3 Å². The SMILES string of the molecule is CN(C)CC(=O)Nc1ccc(Nc2nccc(-c3ccc(N4CCCC4)c(C#N)c3)n2)cn1. The summed E-state index contributed by atoms with van der Waals surface area (Å²) in [6.45, 7) is 2.26. The molecule has 1 saturated heterocycles. The molecule has 0 spiro atoms. The molecular formula is C24H26N8O. The van der Waals surface area contributed by atoms with Gasteiger partial charge in [0.1, 0.15) is 11.9 Å². The van der Waals surface area contributed by atoms with Crippen LogP contribution in [-0.2, 0) is 4.79 Å². The van der Waals surface area contributed by atoms with Gasteiger partial charge < -0.3 is 20.4 Å². The lowest BCUT2D eigenvalue weighted by Gasteiger charge is -2.19. The molecular weight excluding hydrogens is 416 g/mol. The van der Waals surface area contributed by atoms with E-state index in [4.69, 9.17) is 0 Å². The first-order valence-electron chi connectivity index (χ1n) is 10.8. The number of carbonyl (C=O) groups is 1. The highest BCUT2D eigenvalue weighted by atomic mass is 16.2. The second-order valence-corrected chi connectivity index (χ2v) is 8.15. The van der Waals surface area contributed by atoms with Gasteiger partial charge in [0.2, 0.25) is 11.9 Å².